The summed E-state index contributed by atoms with van der Waals surface area (Å²) in [6, 6.07) is 20.4. The van der Waals surface area contributed by atoms with Gasteiger partial charge < -0.3 is 34.5 Å². The molecule has 1 atom stereocenters. The molecule has 0 aliphatic heterocycles. The van der Waals surface area contributed by atoms with E-state index in [1.54, 1.807) is 36.4 Å². The third-order valence-electron chi connectivity index (χ3n) is 8.57. The Balaban J connectivity index is 1.38. The zero-order valence-electron chi connectivity index (χ0n) is 30.9. The summed E-state index contributed by atoms with van der Waals surface area (Å²) < 4.78 is 62.5. The number of hydrogen-bond donors (Lipinski definition) is 3. The van der Waals surface area contributed by atoms with Crippen LogP contribution in [0.25, 0.3) is 0 Å². The van der Waals surface area contributed by atoms with Crippen molar-refractivity contribution >= 4 is 23.5 Å². The highest BCUT2D eigenvalue weighted by molar-refractivity contribution is 5.92. The number of ether oxygens (including phenoxy) is 4. The second kappa shape index (κ2) is 20.2. The van der Waals surface area contributed by atoms with E-state index in [1.165, 1.54) is 80.8 Å². The number of amides is 1. The van der Waals surface area contributed by atoms with E-state index in [9.17, 15) is 37.8 Å². The summed E-state index contributed by atoms with van der Waals surface area (Å²) in [5, 5.41) is 23.3. The van der Waals surface area contributed by atoms with E-state index in [-0.39, 0.29) is 40.6 Å². The number of nitrogens with one attached hydrogen (secondary N) is 1. The van der Waals surface area contributed by atoms with Crippen molar-refractivity contribution in [3.63, 3.8) is 0 Å². The molecule has 1 unspecified atom stereocenters. The lowest BCUT2D eigenvalue weighted by Crippen LogP contribution is -2.33. The van der Waals surface area contributed by atoms with Gasteiger partial charge in [-0.1, -0.05) is 56.9 Å². The van der Waals surface area contributed by atoms with Gasteiger partial charge in [-0.2, -0.15) is 13.2 Å². The Kier molecular flexibility index (Phi) is 15.5. The molecule has 11 nitrogen and oxygen atoms in total. The number of unbranched alkanes of at least 4 members (excludes halogenated alkanes) is 4. The number of rotatable bonds is 20. The SMILES string of the molecule is CCCCCCCOc1ccc(C(=O)Oc2ccc(CN(CC(=O)O)C(O)c3ccc(NC(=O)Cc4ccc(OC)cc4C(F)(F)F)cc3)cc2OC)cc1. The van der Waals surface area contributed by atoms with E-state index < -0.39 is 48.8 Å². The molecule has 0 fully saturated rings. The summed E-state index contributed by atoms with van der Waals surface area (Å²) in [6.45, 7) is 2.15. The van der Waals surface area contributed by atoms with Crippen LogP contribution in [0.2, 0.25) is 0 Å². The Labute approximate surface area is 317 Å². The van der Waals surface area contributed by atoms with Crippen LogP contribution in [0.5, 0.6) is 23.0 Å². The average Bonchev–Trinajstić information content (AvgIpc) is 3.16. The van der Waals surface area contributed by atoms with Gasteiger partial charge >= 0.3 is 18.1 Å². The molecule has 4 rings (SSSR count). The van der Waals surface area contributed by atoms with Crippen molar-refractivity contribution in [1.82, 2.24) is 4.90 Å². The van der Waals surface area contributed by atoms with E-state index in [0.717, 1.165) is 18.9 Å². The first-order valence-electron chi connectivity index (χ1n) is 17.7. The maximum absolute atomic E-state index is 13.6. The number of aliphatic hydroxyl groups is 1. The molecule has 14 heteroatoms. The molecule has 55 heavy (non-hydrogen) atoms. The number of methoxy groups -OCH3 is 2. The predicted octanol–water partition coefficient (Wildman–Crippen LogP) is 8.05. The first-order valence-corrected chi connectivity index (χ1v) is 17.7. The van der Waals surface area contributed by atoms with E-state index in [4.69, 9.17) is 18.9 Å². The number of carboxylic acids is 1. The molecule has 0 heterocycles. The third kappa shape index (κ3) is 12.8. The maximum Gasteiger partial charge on any atom is 0.416 e. The molecule has 3 N–H and O–H groups in total. The number of carbonyl (C=O) groups is 3. The summed E-state index contributed by atoms with van der Waals surface area (Å²) in [5.41, 5.74) is 0.158. The van der Waals surface area contributed by atoms with E-state index in [1.807, 2.05) is 0 Å². The smallest absolute Gasteiger partial charge is 0.416 e. The van der Waals surface area contributed by atoms with Crippen LogP contribution >= 0.6 is 0 Å². The van der Waals surface area contributed by atoms with E-state index >= 15 is 0 Å². The third-order valence-corrected chi connectivity index (χ3v) is 8.57. The second-order valence-corrected chi connectivity index (χ2v) is 12.7. The molecule has 0 aliphatic carbocycles. The number of nitrogens with zero attached hydrogens (tertiary/aromatic N) is 1. The van der Waals surface area contributed by atoms with Crippen LogP contribution in [0, 0.1) is 0 Å². The Morgan fingerprint density at radius 1 is 0.818 bits per heavy atom. The number of aliphatic hydroxyl groups excluding tert-OH is 1. The van der Waals surface area contributed by atoms with Crippen molar-refractivity contribution in [2.24, 2.45) is 0 Å². The Morgan fingerprint density at radius 3 is 2.15 bits per heavy atom. The van der Waals surface area contributed by atoms with Gasteiger partial charge in [0.05, 0.1) is 44.9 Å². The van der Waals surface area contributed by atoms with Gasteiger partial charge in [-0.15, -0.1) is 0 Å². The number of carboxylic acid groups (broad SMARTS) is 1. The number of esters is 1. The number of alkyl halides is 3. The fraction of sp³-hybridized carbons (Fsp3) is 0.341. The van der Waals surface area contributed by atoms with Crippen LogP contribution in [-0.2, 0) is 28.7 Å². The van der Waals surface area contributed by atoms with Crippen LogP contribution in [0.15, 0.2) is 84.9 Å². The quantitative estimate of drug-likeness (QED) is 0.0350. The van der Waals surface area contributed by atoms with Crippen LogP contribution in [0.3, 0.4) is 0 Å². The van der Waals surface area contributed by atoms with Crippen LogP contribution in [0.4, 0.5) is 18.9 Å². The van der Waals surface area contributed by atoms with Crippen molar-refractivity contribution in [2.75, 3.05) is 32.7 Å². The summed E-state index contributed by atoms with van der Waals surface area (Å²) >= 11 is 0. The fourth-order valence-electron chi connectivity index (χ4n) is 5.70. The van der Waals surface area contributed by atoms with Crippen LogP contribution < -0.4 is 24.3 Å². The van der Waals surface area contributed by atoms with Gasteiger partial charge in [0.15, 0.2) is 11.5 Å². The first kappa shape index (κ1) is 42.1. The zero-order chi connectivity index (χ0) is 40.0. The van der Waals surface area contributed by atoms with Crippen LogP contribution in [-0.4, -0.2) is 60.3 Å². The number of benzene rings is 4. The topological polar surface area (TPSA) is 144 Å². The van der Waals surface area contributed by atoms with Crippen molar-refractivity contribution in [1.29, 1.82) is 0 Å². The molecule has 0 aliphatic rings. The Bertz CT molecular complexity index is 1880. The number of aliphatic carboxylic acids is 1. The molecule has 4 aromatic rings. The van der Waals surface area contributed by atoms with Crippen molar-refractivity contribution in [2.45, 2.75) is 64.4 Å². The lowest BCUT2D eigenvalue weighted by Gasteiger charge is -2.27. The van der Waals surface area contributed by atoms with Crippen molar-refractivity contribution < 1.29 is 56.7 Å². The van der Waals surface area contributed by atoms with Gasteiger partial charge in [-0.3, -0.25) is 14.5 Å². The number of halogens is 3. The minimum atomic E-state index is -4.69. The number of hydrogen-bond acceptors (Lipinski definition) is 9. The predicted molar refractivity (Wildman–Crippen MR) is 198 cm³/mol. The lowest BCUT2D eigenvalue weighted by atomic mass is 10.0. The van der Waals surface area contributed by atoms with Gasteiger partial charge in [-0.05, 0) is 83.8 Å². The zero-order valence-corrected chi connectivity index (χ0v) is 30.9. The molecule has 294 valence electrons. The van der Waals surface area contributed by atoms with Gasteiger partial charge in [0.1, 0.15) is 17.7 Å². The molecule has 0 saturated carbocycles. The van der Waals surface area contributed by atoms with E-state index in [0.29, 0.717) is 23.5 Å². The summed E-state index contributed by atoms with van der Waals surface area (Å²) in [5.74, 6) is -1.54. The minimum absolute atomic E-state index is 0.00603. The Morgan fingerprint density at radius 2 is 1.51 bits per heavy atom. The number of anilines is 1. The highest BCUT2D eigenvalue weighted by atomic mass is 19.4. The molecule has 0 spiro atoms. The van der Waals surface area contributed by atoms with Crippen LogP contribution in [0.1, 0.15) is 77.9 Å². The summed E-state index contributed by atoms with van der Waals surface area (Å²) in [6.07, 6.45) is -1.05. The highest BCUT2D eigenvalue weighted by Gasteiger charge is 2.34. The van der Waals surface area contributed by atoms with Gasteiger partial charge in [0.2, 0.25) is 5.91 Å². The standard InChI is InChI=1S/C41H45F3N2O9/c1-4-5-6-7-8-21-54-32-17-12-29(13-18-32)40(51)55-35-20-9-27(22-36(35)53-3)25-46(26-38(48)49)39(50)28-10-15-31(16-11-28)45-37(47)23-30-14-19-33(52-2)24-34(30)41(42,43)44/h9-20,22,24,39,50H,4-8,21,23,25-26H2,1-3H3,(H,45,47)(H,48,49). The maximum atomic E-state index is 13.6. The van der Waals surface area contributed by atoms with E-state index in [2.05, 4.69) is 12.2 Å². The lowest BCUT2D eigenvalue weighted by molar-refractivity contribution is -0.142. The normalized spacial score (nSPS) is 11.9. The minimum Gasteiger partial charge on any atom is -0.497 e. The summed E-state index contributed by atoms with van der Waals surface area (Å²) in [4.78, 5) is 38.6. The monoisotopic (exact) mass is 766 g/mol. The molecule has 0 aromatic heterocycles. The second-order valence-electron chi connectivity index (χ2n) is 12.7. The molecular weight excluding hydrogens is 721 g/mol. The van der Waals surface area contributed by atoms with Gasteiger partial charge in [0.25, 0.3) is 0 Å². The molecule has 1 amide bonds. The van der Waals surface area contributed by atoms with Crippen molar-refractivity contribution in [3.05, 3.63) is 113 Å². The molecule has 0 bridgehead atoms. The highest BCUT2D eigenvalue weighted by Crippen LogP contribution is 2.35. The number of carbonyl (C=O) groups excluding carboxylic acids is 2. The first-order chi connectivity index (χ1) is 26.3. The fourth-order valence-corrected chi connectivity index (χ4v) is 5.70. The van der Waals surface area contributed by atoms with Gasteiger partial charge in [-0.25, -0.2) is 4.79 Å². The summed E-state index contributed by atoms with van der Waals surface area (Å²) in [7, 11) is 2.63. The Hall–Kier alpha value is -5.60. The average molecular weight is 767 g/mol. The molecule has 0 saturated heterocycles. The van der Waals surface area contributed by atoms with Gasteiger partial charge in [0, 0.05) is 12.2 Å². The van der Waals surface area contributed by atoms with Crippen molar-refractivity contribution in [3.8, 4) is 23.0 Å². The molecule has 4 aromatic carbocycles. The largest absolute Gasteiger partial charge is 0.497 e. The molecule has 0 radical (unpaired) electrons. The molecular formula is C41H45F3N2O9.